The van der Waals surface area contributed by atoms with E-state index in [1.165, 1.54) is 34.4 Å². The molecular weight excluding hydrogens is 761 g/mol. The fraction of sp³-hybridized carbons (Fsp3) is 0.0847. The van der Waals surface area contributed by atoms with Crippen LogP contribution < -0.4 is 4.90 Å². The van der Waals surface area contributed by atoms with E-state index in [-0.39, 0.29) is 17.0 Å². The van der Waals surface area contributed by atoms with E-state index < -0.39 is 5.41 Å². The van der Waals surface area contributed by atoms with Gasteiger partial charge in [0.1, 0.15) is 11.6 Å². The summed E-state index contributed by atoms with van der Waals surface area (Å²) in [7, 11) is 0. The number of halogens is 2. The van der Waals surface area contributed by atoms with Crippen molar-refractivity contribution in [2.45, 2.75) is 31.6 Å². The van der Waals surface area contributed by atoms with Gasteiger partial charge in [-0.15, -0.1) is 0 Å². The van der Waals surface area contributed by atoms with Crippen molar-refractivity contribution in [3.63, 3.8) is 0 Å². The molecule has 0 aliphatic heterocycles. The lowest BCUT2D eigenvalue weighted by Gasteiger charge is -2.31. The molecule has 1 nitrogen and oxygen atoms in total. The second kappa shape index (κ2) is 13.3. The average molecular weight is 802 g/mol. The first-order valence-corrected chi connectivity index (χ1v) is 21.4. The van der Waals surface area contributed by atoms with Crippen LogP contribution in [0.4, 0.5) is 25.8 Å². The lowest BCUT2D eigenvalue weighted by atomic mass is 9.70. The van der Waals surface area contributed by atoms with Crippen LogP contribution in [0.15, 0.2) is 194 Å². The van der Waals surface area contributed by atoms with Gasteiger partial charge in [0, 0.05) is 22.4 Å². The molecule has 0 heterocycles. The fourth-order valence-corrected chi connectivity index (χ4v) is 11.2. The van der Waals surface area contributed by atoms with Crippen molar-refractivity contribution in [3.05, 3.63) is 245 Å². The van der Waals surface area contributed by atoms with E-state index in [2.05, 4.69) is 183 Å². The quantitative estimate of drug-likeness (QED) is 0.168. The number of fused-ring (bicyclic) bond motifs is 13. The fourth-order valence-electron chi connectivity index (χ4n) is 11.2. The zero-order valence-electron chi connectivity index (χ0n) is 34.7. The molecule has 296 valence electrons. The van der Waals surface area contributed by atoms with Crippen LogP contribution in [0.2, 0.25) is 0 Å². The molecule has 0 amide bonds. The molecule has 0 saturated heterocycles. The molecule has 0 fully saturated rings. The third-order valence-corrected chi connectivity index (χ3v) is 13.9. The van der Waals surface area contributed by atoms with Crippen LogP contribution >= 0.6 is 0 Å². The minimum Gasteiger partial charge on any atom is -0.310 e. The van der Waals surface area contributed by atoms with Crippen LogP contribution in [0.5, 0.6) is 0 Å². The highest BCUT2D eigenvalue weighted by Gasteiger charge is 2.52. The van der Waals surface area contributed by atoms with Gasteiger partial charge >= 0.3 is 0 Å². The van der Waals surface area contributed by atoms with Crippen molar-refractivity contribution in [2.75, 3.05) is 4.90 Å². The van der Waals surface area contributed by atoms with E-state index in [1.807, 2.05) is 12.1 Å². The Labute approximate surface area is 361 Å². The van der Waals surface area contributed by atoms with Crippen molar-refractivity contribution in [3.8, 4) is 55.6 Å². The predicted molar refractivity (Wildman–Crippen MR) is 251 cm³/mol. The zero-order valence-corrected chi connectivity index (χ0v) is 34.7. The molecule has 12 rings (SSSR count). The third-order valence-electron chi connectivity index (χ3n) is 13.9. The van der Waals surface area contributed by atoms with Crippen molar-refractivity contribution in [1.29, 1.82) is 0 Å². The van der Waals surface area contributed by atoms with Crippen LogP contribution in [-0.2, 0) is 10.8 Å². The highest BCUT2D eigenvalue weighted by atomic mass is 19.1. The summed E-state index contributed by atoms with van der Waals surface area (Å²) in [6, 6.07) is 66.9. The number of nitrogens with zero attached hydrogens (tertiary/aromatic N) is 1. The Kier molecular flexibility index (Phi) is 7.84. The lowest BCUT2D eigenvalue weighted by Crippen LogP contribution is -2.26. The van der Waals surface area contributed by atoms with E-state index in [9.17, 15) is 0 Å². The Morgan fingerprint density at radius 1 is 0.371 bits per heavy atom. The maximum absolute atomic E-state index is 15.6. The Morgan fingerprint density at radius 2 is 0.935 bits per heavy atom. The number of hydrogen-bond donors (Lipinski definition) is 0. The molecular formula is C59H41F2N. The van der Waals surface area contributed by atoms with Crippen molar-refractivity contribution in [1.82, 2.24) is 0 Å². The number of hydrogen-bond acceptors (Lipinski definition) is 1. The highest BCUT2D eigenvalue weighted by Crippen LogP contribution is 2.64. The van der Waals surface area contributed by atoms with E-state index in [0.717, 1.165) is 89.4 Å². The first kappa shape index (κ1) is 36.5. The van der Waals surface area contributed by atoms with Gasteiger partial charge in [-0.2, -0.15) is 0 Å². The monoisotopic (exact) mass is 801 g/mol. The van der Waals surface area contributed by atoms with Gasteiger partial charge in [0.25, 0.3) is 0 Å². The van der Waals surface area contributed by atoms with Gasteiger partial charge in [0.15, 0.2) is 0 Å². The molecule has 3 aliphatic carbocycles. The zero-order chi connectivity index (χ0) is 41.9. The standard InChI is InChI=1S/C59H41F2N/c1-36-23-30-56(62(41-16-11-15-38(32-41)37-13-5-4-6-14-37)42-26-29-44-43-17-7-9-20-50(43)58(2,3)53(44)35-42)49(31-36)47-19-12-22-52-57(47)48-18-8-10-21-51(48)59(52)54-33-39(60)24-27-45(54)46-28-25-40(61)34-55(46)59/h4-35H,1-3H3. The average Bonchev–Trinajstić information content (AvgIpc) is 3.85. The van der Waals surface area contributed by atoms with Gasteiger partial charge in [-0.1, -0.05) is 153 Å². The van der Waals surface area contributed by atoms with Crippen LogP contribution in [0.25, 0.3) is 55.6 Å². The van der Waals surface area contributed by atoms with Gasteiger partial charge in [-0.25, -0.2) is 8.78 Å². The summed E-state index contributed by atoms with van der Waals surface area (Å²) < 4.78 is 31.1. The van der Waals surface area contributed by atoms with Crippen molar-refractivity contribution >= 4 is 17.1 Å². The maximum Gasteiger partial charge on any atom is 0.123 e. The molecule has 0 saturated carbocycles. The van der Waals surface area contributed by atoms with E-state index in [1.54, 1.807) is 12.1 Å². The molecule has 3 aliphatic rings. The van der Waals surface area contributed by atoms with E-state index in [0.29, 0.717) is 0 Å². The first-order valence-electron chi connectivity index (χ1n) is 21.4. The number of aryl methyl sites for hydroxylation is 1. The Hall–Kier alpha value is -7.36. The summed E-state index contributed by atoms with van der Waals surface area (Å²) >= 11 is 0. The summed E-state index contributed by atoms with van der Waals surface area (Å²) in [5, 5.41) is 0. The normalized spacial score (nSPS) is 14.1. The predicted octanol–water partition coefficient (Wildman–Crippen LogP) is 15.7. The van der Waals surface area contributed by atoms with Crippen molar-refractivity contribution < 1.29 is 8.78 Å². The van der Waals surface area contributed by atoms with Gasteiger partial charge in [0.05, 0.1) is 11.1 Å². The van der Waals surface area contributed by atoms with Crippen LogP contribution in [0.1, 0.15) is 52.8 Å². The van der Waals surface area contributed by atoms with Gasteiger partial charge < -0.3 is 4.90 Å². The smallest absolute Gasteiger partial charge is 0.123 e. The number of anilines is 3. The molecule has 1 spiro atoms. The topological polar surface area (TPSA) is 3.24 Å². The van der Waals surface area contributed by atoms with Crippen LogP contribution in [0.3, 0.4) is 0 Å². The summed E-state index contributed by atoms with van der Waals surface area (Å²) in [5.74, 6) is -0.623. The van der Waals surface area contributed by atoms with E-state index >= 15 is 8.78 Å². The highest BCUT2D eigenvalue weighted by molar-refractivity contribution is 6.03. The molecule has 0 unspecified atom stereocenters. The van der Waals surface area contributed by atoms with Gasteiger partial charge in [0.2, 0.25) is 0 Å². The largest absolute Gasteiger partial charge is 0.310 e. The second-order valence-electron chi connectivity index (χ2n) is 17.6. The Balaban J connectivity index is 1.13. The lowest BCUT2D eigenvalue weighted by molar-refractivity contribution is 0.618. The van der Waals surface area contributed by atoms with Crippen LogP contribution in [0, 0.1) is 18.6 Å². The molecule has 9 aromatic carbocycles. The summed E-state index contributed by atoms with van der Waals surface area (Å²) in [5.41, 5.74) is 20.5. The summed E-state index contributed by atoms with van der Waals surface area (Å²) in [6.45, 7) is 6.81. The molecule has 0 radical (unpaired) electrons. The first-order chi connectivity index (χ1) is 30.2. The second-order valence-corrected chi connectivity index (χ2v) is 17.6. The minimum absolute atomic E-state index is 0.194. The maximum atomic E-state index is 15.6. The molecule has 9 aromatic rings. The molecule has 3 heteroatoms. The SMILES string of the molecule is Cc1ccc(N(c2cccc(-c3ccccc3)c2)c2ccc3c(c2)C(C)(C)c2ccccc2-3)c(-c2cccc3c2-c2ccccc2C32c3cc(F)ccc3-c3ccc(F)cc32)c1. The molecule has 0 N–H and O–H groups in total. The molecule has 0 atom stereocenters. The molecule has 62 heavy (non-hydrogen) atoms. The van der Waals surface area contributed by atoms with Gasteiger partial charge in [-0.05, 0) is 151 Å². The van der Waals surface area contributed by atoms with E-state index in [4.69, 9.17) is 0 Å². The molecule has 0 bridgehead atoms. The van der Waals surface area contributed by atoms with Gasteiger partial charge in [-0.3, -0.25) is 0 Å². The number of rotatable bonds is 5. The Morgan fingerprint density at radius 3 is 1.69 bits per heavy atom. The third kappa shape index (κ3) is 5.06. The molecule has 0 aromatic heterocycles. The van der Waals surface area contributed by atoms with Crippen molar-refractivity contribution in [2.24, 2.45) is 0 Å². The van der Waals surface area contributed by atoms with Crippen LogP contribution in [-0.4, -0.2) is 0 Å². The Bertz CT molecular complexity index is 3270. The summed E-state index contributed by atoms with van der Waals surface area (Å²) in [6.07, 6.45) is 0. The minimum atomic E-state index is -0.912. The summed E-state index contributed by atoms with van der Waals surface area (Å²) in [4.78, 5) is 2.42. The number of benzene rings is 9.